The Morgan fingerprint density at radius 3 is 2.67 bits per heavy atom. The van der Waals surface area contributed by atoms with Crippen molar-refractivity contribution >= 4 is 34.4 Å². The lowest BCUT2D eigenvalue weighted by molar-refractivity contribution is -0.107. The van der Waals surface area contributed by atoms with Crippen LogP contribution in [0.4, 0.5) is 0 Å². The van der Waals surface area contributed by atoms with E-state index in [0.717, 1.165) is 6.61 Å². The van der Waals surface area contributed by atoms with Crippen LogP contribution in [-0.4, -0.2) is 30.8 Å². The predicted molar refractivity (Wildman–Crippen MR) is 98.9 cm³/mol. The molecule has 21 heavy (non-hydrogen) atoms. The lowest BCUT2D eigenvalue weighted by atomic mass is 9.77. The van der Waals surface area contributed by atoms with E-state index in [-0.39, 0.29) is 5.60 Å². The molecule has 1 spiro atoms. The van der Waals surface area contributed by atoms with Crippen LogP contribution in [-0.2, 0) is 4.74 Å². The third-order valence-corrected chi connectivity index (χ3v) is 6.65. The molecule has 3 rings (SSSR count). The normalized spacial score (nSPS) is 26.7. The van der Waals surface area contributed by atoms with E-state index in [0.29, 0.717) is 12.0 Å². The van der Waals surface area contributed by atoms with Crippen molar-refractivity contribution in [1.82, 2.24) is 5.32 Å². The Morgan fingerprint density at radius 1 is 1.29 bits per heavy atom. The Kier molecular flexibility index (Phi) is 5.51. The molecule has 2 aliphatic heterocycles. The summed E-state index contributed by atoms with van der Waals surface area (Å²) in [6.45, 7) is 0.928. The molecule has 2 unspecified atom stereocenters. The number of thioether (sulfide) groups is 1. The second-order valence-electron chi connectivity index (χ2n) is 6.21. The van der Waals surface area contributed by atoms with Crippen molar-refractivity contribution in [3.8, 4) is 0 Å². The lowest BCUT2D eigenvalue weighted by Gasteiger charge is -2.45. The zero-order chi connectivity index (χ0) is 14.7. The second-order valence-corrected chi connectivity index (χ2v) is 8.69. The topological polar surface area (TPSA) is 21.3 Å². The van der Waals surface area contributed by atoms with Crippen molar-refractivity contribution in [3.05, 3.63) is 33.4 Å². The number of halogens is 1. The largest absolute Gasteiger partial charge is 0.375 e. The number of ether oxygens (including phenoxy) is 1. The Hall–Kier alpha value is 0.220. The molecule has 4 heteroatoms. The molecular weight excluding hydrogens is 393 g/mol. The van der Waals surface area contributed by atoms with Crippen LogP contribution >= 0.6 is 34.4 Å². The van der Waals surface area contributed by atoms with Gasteiger partial charge in [-0.3, -0.25) is 0 Å². The van der Waals surface area contributed by atoms with E-state index in [2.05, 4.69) is 71.0 Å². The molecule has 2 aliphatic rings. The zero-order valence-corrected chi connectivity index (χ0v) is 15.6. The van der Waals surface area contributed by atoms with Gasteiger partial charge in [0.25, 0.3) is 0 Å². The van der Waals surface area contributed by atoms with Crippen LogP contribution in [0.15, 0.2) is 24.3 Å². The van der Waals surface area contributed by atoms with Crippen molar-refractivity contribution in [2.75, 3.05) is 25.2 Å². The van der Waals surface area contributed by atoms with Crippen LogP contribution in [0.3, 0.4) is 0 Å². The van der Waals surface area contributed by atoms with Crippen molar-refractivity contribution in [2.45, 2.75) is 37.3 Å². The summed E-state index contributed by atoms with van der Waals surface area (Å²) in [5.74, 6) is 3.22. The van der Waals surface area contributed by atoms with Gasteiger partial charge in [0.2, 0.25) is 0 Å². The van der Waals surface area contributed by atoms with Gasteiger partial charge >= 0.3 is 0 Å². The Balaban J connectivity index is 1.75. The van der Waals surface area contributed by atoms with Gasteiger partial charge in [-0.25, -0.2) is 0 Å². The van der Waals surface area contributed by atoms with E-state index in [1.54, 1.807) is 0 Å². The lowest BCUT2D eigenvalue weighted by Crippen LogP contribution is -2.45. The van der Waals surface area contributed by atoms with E-state index < -0.39 is 0 Å². The van der Waals surface area contributed by atoms with Gasteiger partial charge < -0.3 is 10.1 Å². The van der Waals surface area contributed by atoms with Crippen LogP contribution in [0.25, 0.3) is 0 Å². The summed E-state index contributed by atoms with van der Waals surface area (Å²) in [6, 6.07) is 9.44. The molecule has 0 radical (unpaired) electrons. The monoisotopic (exact) mass is 417 g/mol. The van der Waals surface area contributed by atoms with Crippen LogP contribution in [0.1, 0.15) is 37.3 Å². The van der Waals surface area contributed by atoms with Gasteiger partial charge in [0.1, 0.15) is 0 Å². The van der Waals surface area contributed by atoms with Crippen LogP contribution in [0.5, 0.6) is 0 Å². The highest BCUT2D eigenvalue weighted by Gasteiger charge is 2.41. The molecule has 0 bridgehead atoms. The molecule has 0 amide bonds. The van der Waals surface area contributed by atoms with E-state index >= 15 is 0 Å². The fraction of sp³-hybridized carbons (Fsp3) is 0.647. The first-order chi connectivity index (χ1) is 10.2. The van der Waals surface area contributed by atoms with E-state index in [1.165, 1.54) is 46.3 Å². The zero-order valence-electron chi connectivity index (χ0n) is 12.6. The molecule has 2 heterocycles. The Bertz CT molecular complexity index is 453. The average Bonchev–Trinajstić information content (AvgIpc) is 2.51. The SMILES string of the molecule is CNC(c1ccc(I)cc1)C1CCOC2(CCSCC2)C1. The van der Waals surface area contributed by atoms with Gasteiger partial charge in [0, 0.05) is 16.2 Å². The summed E-state index contributed by atoms with van der Waals surface area (Å²) in [5, 5.41) is 3.57. The molecule has 0 aliphatic carbocycles. The molecule has 116 valence electrons. The highest BCUT2D eigenvalue weighted by molar-refractivity contribution is 14.1. The highest BCUT2D eigenvalue weighted by Crippen LogP contribution is 2.43. The van der Waals surface area contributed by atoms with Crippen molar-refractivity contribution in [1.29, 1.82) is 0 Å². The molecule has 2 saturated heterocycles. The summed E-state index contributed by atoms with van der Waals surface area (Å²) >= 11 is 4.45. The molecule has 2 atom stereocenters. The average molecular weight is 417 g/mol. The van der Waals surface area contributed by atoms with Crippen LogP contribution < -0.4 is 5.32 Å². The van der Waals surface area contributed by atoms with Crippen molar-refractivity contribution in [3.63, 3.8) is 0 Å². The minimum Gasteiger partial charge on any atom is -0.375 e. The van der Waals surface area contributed by atoms with Crippen LogP contribution in [0.2, 0.25) is 0 Å². The first-order valence-electron chi connectivity index (χ1n) is 7.87. The molecule has 1 N–H and O–H groups in total. The van der Waals surface area contributed by atoms with Gasteiger partial charge in [0.15, 0.2) is 0 Å². The molecule has 1 aromatic rings. The minimum absolute atomic E-state index is 0.173. The molecule has 0 aromatic heterocycles. The summed E-state index contributed by atoms with van der Waals surface area (Å²) in [7, 11) is 2.10. The highest BCUT2D eigenvalue weighted by atomic mass is 127. The van der Waals surface area contributed by atoms with E-state index in [4.69, 9.17) is 4.74 Å². The van der Waals surface area contributed by atoms with Gasteiger partial charge in [-0.2, -0.15) is 11.8 Å². The Morgan fingerprint density at radius 2 is 2.00 bits per heavy atom. The molecule has 2 fully saturated rings. The fourth-order valence-corrected chi connectivity index (χ4v) is 5.38. The third-order valence-electron chi connectivity index (χ3n) is 4.95. The van der Waals surface area contributed by atoms with E-state index in [1.807, 2.05) is 0 Å². The summed E-state index contributed by atoms with van der Waals surface area (Å²) < 4.78 is 7.55. The first-order valence-corrected chi connectivity index (χ1v) is 10.1. The Labute approximate surface area is 145 Å². The number of nitrogens with one attached hydrogen (secondary N) is 1. The number of hydrogen-bond acceptors (Lipinski definition) is 3. The summed E-state index contributed by atoms with van der Waals surface area (Å²) in [5.41, 5.74) is 1.59. The quantitative estimate of drug-likeness (QED) is 0.744. The van der Waals surface area contributed by atoms with Gasteiger partial charge in [-0.15, -0.1) is 0 Å². The summed E-state index contributed by atoms with van der Waals surface area (Å²) in [6.07, 6.45) is 4.85. The smallest absolute Gasteiger partial charge is 0.0701 e. The van der Waals surface area contributed by atoms with Gasteiger partial charge in [-0.1, -0.05) is 12.1 Å². The number of hydrogen-bond donors (Lipinski definition) is 1. The first kappa shape index (κ1) is 16.1. The summed E-state index contributed by atoms with van der Waals surface area (Å²) in [4.78, 5) is 0. The molecular formula is C17H24INOS. The number of benzene rings is 1. The third kappa shape index (κ3) is 3.77. The van der Waals surface area contributed by atoms with Crippen LogP contribution in [0, 0.1) is 9.49 Å². The minimum atomic E-state index is 0.173. The second kappa shape index (κ2) is 7.20. The van der Waals surface area contributed by atoms with Gasteiger partial charge in [0.05, 0.1) is 5.60 Å². The maximum atomic E-state index is 6.24. The predicted octanol–water partition coefficient (Wildman–Crippen LogP) is 4.24. The van der Waals surface area contributed by atoms with Gasteiger partial charge in [-0.05, 0) is 90.4 Å². The van der Waals surface area contributed by atoms with Crippen molar-refractivity contribution in [2.24, 2.45) is 5.92 Å². The fourth-order valence-electron chi connectivity index (χ4n) is 3.79. The maximum Gasteiger partial charge on any atom is 0.0701 e. The van der Waals surface area contributed by atoms with E-state index in [9.17, 15) is 0 Å². The number of rotatable bonds is 3. The van der Waals surface area contributed by atoms with Crippen molar-refractivity contribution < 1.29 is 4.74 Å². The standard InChI is InChI=1S/C17H24INOS/c1-19-16(13-2-4-15(18)5-3-13)14-6-9-20-17(12-14)7-10-21-11-8-17/h2-5,14,16,19H,6-12H2,1H3. The molecule has 1 aromatic carbocycles. The molecule has 2 nitrogen and oxygen atoms in total. The molecule has 0 saturated carbocycles. The maximum absolute atomic E-state index is 6.24.